The first-order chi connectivity index (χ1) is 14.5. The van der Waals surface area contributed by atoms with Crippen molar-refractivity contribution < 1.29 is 9.72 Å². The molecule has 1 amide bonds. The second-order valence-electron chi connectivity index (χ2n) is 7.43. The number of hydrogen-bond acceptors (Lipinski definition) is 5. The van der Waals surface area contributed by atoms with Gasteiger partial charge in [0.25, 0.3) is 5.69 Å². The van der Waals surface area contributed by atoms with Crippen LogP contribution in [0.15, 0.2) is 54.6 Å². The molecule has 0 aliphatic carbocycles. The normalized spacial score (nSPS) is 15.4. The smallest absolute Gasteiger partial charge is 0.270 e. The fourth-order valence-corrected chi connectivity index (χ4v) is 3.45. The zero-order valence-electron chi connectivity index (χ0n) is 17.3. The summed E-state index contributed by atoms with van der Waals surface area (Å²) in [4.78, 5) is 27.3. The summed E-state index contributed by atoms with van der Waals surface area (Å²) in [5.74, 6) is -0.237. The molecule has 3 rings (SSSR count). The molecule has 2 aromatic carbocycles. The largest absolute Gasteiger partial charge is 0.348 e. The van der Waals surface area contributed by atoms with Gasteiger partial charge in [0.1, 0.15) is 0 Å². The maximum Gasteiger partial charge on any atom is 0.270 e. The third-order valence-corrected chi connectivity index (χ3v) is 5.32. The molecular formula is C23H28N4O3. The van der Waals surface area contributed by atoms with Crippen LogP contribution in [0.5, 0.6) is 0 Å². The van der Waals surface area contributed by atoms with E-state index in [1.165, 1.54) is 23.8 Å². The Labute approximate surface area is 177 Å². The Balaban J connectivity index is 1.45. The number of likely N-dealkylation sites (N-methyl/N-ethyl adjacent to an activating group) is 1. The molecule has 0 radical (unpaired) electrons. The molecule has 1 fully saturated rings. The van der Waals surface area contributed by atoms with Crippen molar-refractivity contribution in [3.05, 3.63) is 81.4 Å². The molecule has 0 spiro atoms. The first-order valence-electron chi connectivity index (χ1n) is 10.3. The third kappa shape index (κ3) is 6.50. The zero-order valence-corrected chi connectivity index (χ0v) is 17.3. The fraction of sp³-hybridized carbons (Fsp3) is 0.348. The van der Waals surface area contributed by atoms with E-state index in [4.69, 9.17) is 0 Å². The summed E-state index contributed by atoms with van der Waals surface area (Å²) in [6.45, 7) is 9.18. The highest BCUT2D eigenvalue weighted by Crippen LogP contribution is 2.14. The van der Waals surface area contributed by atoms with Gasteiger partial charge in [0.05, 0.1) is 4.92 Å². The molecule has 7 heteroatoms. The molecule has 0 saturated carbocycles. The van der Waals surface area contributed by atoms with Gasteiger partial charge >= 0.3 is 0 Å². The van der Waals surface area contributed by atoms with E-state index in [1.54, 1.807) is 18.2 Å². The van der Waals surface area contributed by atoms with Gasteiger partial charge < -0.3 is 10.2 Å². The van der Waals surface area contributed by atoms with E-state index in [-0.39, 0.29) is 11.6 Å². The number of carbonyl (C=O) groups is 1. The minimum absolute atomic E-state index is 0.00453. The van der Waals surface area contributed by atoms with Gasteiger partial charge in [-0.15, -0.1) is 0 Å². The van der Waals surface area contributed by atoms with Crippen molar-refractivity contribution in [3.8, 4) is 0 Å². The van der Waals surface area contributed by atoms with Crippen molar-refractivity contribution >= 4 is 17.7 Å². The number of benzene rings is 2. The van der Waals surface area contributed by atoms with Crippen LogP contribution in [-0.4, -0.2) is 53.4 Å². The van der Waals surface area contributed by atoms with E-state index < -0.39 is 4.92 Å². The van der Waals surface area contributed by atoms with Crippen LogP contribution in [0.4, 0.5) is 5.69 Å². The number of carbonyl (C=O) groups excluding carboxylic acids is 1. The van der Waals surface area contributed by atoms with Gasteiger partial charge in [0.2, 0.25) is 5.91 Å². The molecule has 0 bridgehead atoms. The lowest BCUT2D eigenvalue weighted by molar-refractivity contribution is -0.384. The lowest BCUT2D eigenvalue weighted by Gasteiger charge is -2.34. The minimum atomic E-state index is -0.452. The summed E-state index contributed by atoms with van der Waals surface area (Å²) in [7, 11) is 0. The van der Waals surface area contributed by atoms with Crippen LogP contribution in [0, 0.1) is 10.1 Å². The number of nitro groups is 1. The lowest BCUT2D eigenvalue weighted by atomic mass is 10.1. The number of amides is 1. The SMILES string of the molecule is CCN1CCN(Cc2ccc(CNC(=O)/C=C/c3cccc([N+](=O)[O-])c3)cc2)CC1. The van der Waals surface area contributed by atoms with Crippen LogP contribution in [0.2, 0.25) is 0 Å². The quantitative estimate of drug-likeness (QED) is 0.413. The summed E-state index contributed by atoms with van der Waals surface area (Å²) in [6.07, 6.45) is 2.97. The van der Waals surface area contributed by atoms with Crippen molar-refractivity contribution in [2.45, 2.75) is 20.0 Å². The number of non-ortho nitro benzene ring substituents is 1. The summed E-state index contributed by atoms with van der Waals surface area (Å²) in [6, 6.07) is 14.5. The Morgan fingerprint density at radius 2 is 1.73 bits per heavy atom. The standard InChI is InChI=1S/C23H28N4O3/c1-2-25-12-14-26(15-13-25)18-21-8-6-20(7-9-21)17-24-23(28)11-10-19-4-3-5-22(16-19)27(29)30/h3-11,16H,2,12-15,17-18H2,1H3,(H,24,28)/b11-10+. The molecule has 7 nitrogen and oxygen atoms in total. The maximum absolute atomic E-state index is 12.0. The van der Waals surface area contributed by atoms with Crippen LogP contribution in [0.25, 0.3) is 6.08 Å². The highest BCUT2D eigenvalue weighted by atomic mass is 16.6. The molecular weight excluding hydrogens is 380 g/mol. The minimum Gasteiger partial charge on any atom is -0.348 e. The first-order valence-corrected chi connectivity index (χ1v) is 10.3. The highest BCUT2D eigenvalue weighted by Gasteiger charge is 2.15. The zero-order chi connectivity index (χ0) is 21.3. The van der Waals surface area contributed by atoms with E-state index >= 15 is 0 Å². The number of nitrogens with zero attached hydrogens (tertiary/aromatic N) is 3. The molecule has 1 saturated heterocycles. The van der Waals surface area contributed by atoms with Gasteiger partial charge in [0, 0.05) is 57.5 Å². The molecule has 1 aliphatic rings. The number of nitrogens with one attached hydrogen (secondary N) is 1. The summed E-state index contributed by atoms with van der Waals surface area (Å²) in [5.41, 5.74) is 2.93. The first kappa shape index (κ1) is 21.7. The topological polar surface area (TPSA) is 78.7 Å². The van der Waals surface area contributed by atoms with E-state index in [2.05, 4.69) is 34.2 Å². The second-order valence-corrected chi connectivity index (χ2v) is 7.43. The number of piperazine rings is 1. The van der Waals surface area contributed by atoms with Crippen molar-refractivity contribution in [2.75, 3.05) is 32.7 Å². The molecule has 30 heavy (non-hydrogen) atoms. The number of rotatable bonds is 8. The summed E-state index contributed by atoms with van der Waals surface area (Å²) in [5, 5.41) is 13.7. The van der Waals surface area contributed by atoms with Crippen molar-refractivity contribution in [2.24, 2.45) is 0 Å². The van der Waals surface area contributed by atoms with Gasteiger partial charge in [-0.2, -0.15) is 0 Å². The van der Waals surface area contributed by atoms with Crippen LogP contribution >= 0.6 is 0 Å². The predicted octanol–water partition coefficient (Wildman–Crippen LogP) is 3.06. The van der Waals surface area contributed by atoms with Gasteiger partial charge in [-0.3, -0.25) is 19.8 Å². The van der Waals surface area contributed by atoms with Crippen LogP contribution < -0.4 is 5.32 Å². The third-order valence-electron chi connectivity index (χ3n) is 5.32. The molecule has 0 aromatic heterocycles. The highest BCUT2D eigenvalue weighted by molar-refractivity contribution is 5.91. The Morgan fingerprint density at radius 1 is 1.07 bits per heavy atom. The van der Waals surface area contributed by atoms with E-state index in [1.807, 2.05) is 12.1 Å². The Hall–Kier alpha value is -3.03. The molecule has 1 heterocycles. The molecule has 158 valence electrons. The molecule has 0 atom stereocenters. The van der Waals surface area contributed by atoms with E-state index in [9.17, 15) is 14.9 Å². The maximum atomic E-state index is 12.0. The molecule has 2 aromatic rings. The van der Waals surface area contributed by atoms with Gasteiger partial charge in [-0.05, 0) is 29.3 Å². The summed E-state index contributed by atoms with van der Waals surface area (Å²) < 4.78 is 0. The molecule has 1 aliphatic heterocycles. The number of hydrogen-bond donors (Lipinski definition) is 1. The van der Waals surface area contributed by atoms with Gasteiger partial charge in [0.15, 0.2) is 0 Å². The van der Waals surface area contributed by atoms with Gasteiger partial charge in [-0.25, -0.2) is 0 Å². The predicted molar refractivity (Wildman–Crippen MR) is 118 cm³/mol. The second kappa shape index (κ2) is 10.7. The average molecular weight is 409 g/mol. The molecule has 1 N–H and O–H groups in total. The molecule has 0 unspecified atom stereocenters. The van der Waals surface area contributed by atoms with Crippen molar-refractivity contribution in [1.82, 2.24) is 15.1 Å². The van der Waals surface area contributed by atoms with Crippen molar-refractivity contribution in [1.29, 1.82) is 0 Å². The number of nitro benzene ring substituents is 1. The Morgan fingerprint density at radius 3 is 2.40 bits per heavy atom. The fourth-order valence-electron chi connectivity index (χ4n) is 3.45. The van der Waals surface area contributed by atoms with Gasteiger partial charge in [-0.1, -0.05) is 43.3 Å². The lowest BCUT2D eigenvalue weighted by Crippen LogP contribution is -2.45. The van der Waals surface area contributed by atoms with Crippen LogP contribution in [0.3, 0.4) is 0 Å². The Kier molecular flexibility index (Phi) is 7.70. The van der Waals surface area contributed by atoms with E-state index in [0.717, 1.165) is 44.8 Å². The van der Waals surface area contributed by atoms with E-state index in [0.29, 0.717) is 12.1 Å². The monoisotopic (exact) mass is 408 g/mol. The van der Waals surface area contributed by atoms with Crippen LogP contribution in [-0.2, 0) is 17.9 Å². The average Bonchev–Trinajstić information content (AvgIpc) is 2.78. The van der Waals surface area contributed by atoms with Crippen LogP contribution in [0.1, 0.15) is 23.6 Å². The summed E-state index contributed by atoms with van der Waals surface area (Å²) >= 11 is 0. The van der Waals surface area contributed by atoms with Crippen molar-refractivity contribution in [3.63, 3.8) is 0 Å². The Bertz CT molecular complexity index is 888.